The topological polar surface area (TPSA) is 87.5 Å². The summed E-state index contributed by atoms with van der Waals surface area (Å²) in [6, 6.07) is 6.44. The van der Waals surface area contributed by atoms with E-state index in [1.54, 1.807) is 36.8 Å². The van der Waals surface area contributed by atoms with Gasteiger partial charge in [-0.25, -0.2) is 13.4 Å². The van der Waals surface area contributed by atoms with Gasteiger partial charge in [0.05, 0.1) is 25.8 Å². The fourth-order valence-corrected chi connectivity index (χ4v) is 3.08. The monoisotopic (exact) mass is 441 g/mol. The van der Waals surface area contributed by atoms with E-state index in [2.05, 4.69) is 28.5 Å². The highest BCUT2D eigenvalue weighted by Crippen LogP contribution is 2.13. The zero-order chi connectivity index (χ0) is 20.6. The Balaban J connectivity index is 0.000000445. The molecule has 0 amide bonds. The third-order valence-electron chi connectivity index (χ3n) is 4.04. The highest BCUT2D eigenvalue weighted by atomic mass is 35.5. The Bertz CT molecular complexity index is 883. The SMILES string of the molecule is CCN1C=CN(CC(=O)c2ccc(NS(C)(=O)=O)cc2)C1.CCn1ccnc1.Cl. The molecule has 0 unspecified atom stereocenters. The van der Waals surface area contributed by atoms with Crippen molar-refractivity contribution in [2.24, 2.45) is 0 Å². The lowest BCUT2D eigenvalue weighted by Gasteiger charge is -2.19. The van der Waals surface area contributed by atoms with Gasteiger partial charge < -0.3 is 14.4 Å². The first-order chi connectivity index (χ1) is 13.3. The van der Waals surface area contributed by atoms with Gasteiger partial charge in [-0.3, -0.25) is 9.52 Å². The summed E-state index contributed by atoms with van der Waals surface area (Å²) < 4.78 is 26.6. The third kappa shape index (κ3) is 8.57. The second-order valence-electron chi connectivity index (χ2n) is 6.36. The molecule has 0 radical (unpaired) electrons. The van der Waals surface area contributed by atoms with Crippen LogP contribution >= 0.6 is 12.4 Å². The second kappa shape index (κ2) is 11.5. The summed E-state index contributed by atoms with van der Waals surface area (Å²) in [6.07, 6.45) is 10.5. The summed E-state index contributed by atoms with van der Waals surface area (Å²) in [5.41, 5.74) is 1.02. The van der Waals surface area contributed by atoms with Crippen LogP contribution in [0.15, 0.2) is 55.4 Å². The van der Waals surface area contributed by atoms with Gasteiger partial charge in [-0.15, -0.1) is 12.4 Å². The van der Waals surface area contributed by atoms with Gasteiger partial charge in [-0.05, 0) is 38.1 Å². The maximum absolute atomic E-state index is 12.2. The molecule has 0 saturated carbocycles. The fraction of sp³-hybridized carbons (Fsp3) is 0.368. The maximum Gasteiger partial charge on any atom is 0.229 e. The van der Waals surface area contributed by atoms with Gasteiger partial charge in [0.2, 0.25) is 10.0 Å². The van der Waals surface area contributed by atoms with E-state index < -0.39 is 10.0 Å². The number of rotatable bonds is 7. The first kappa shape index (κ1) is 24.5. The molecule has 0 atom stereocenters. The van der Waals surface area contributed by atoms with Crippen molar-refractivity contribution >= 4 is 33.9 Å². The van der Waals surface area contributed by atoms with Crippen molar-refractivity contribution < 1.29 is 13.2 Å². The number of anilines is 1. The Kier molecular flexibility index (Phi) is 9.70. The molecule has 1 aromatic carbocycles. The van der Waals surface area contributed by atoms with E-state index in [-0.39, 0.29) is 18.2 Å². The number of nitrogens with one attached hydrogen (secondary N) is 1. The van der Waals surface area contributed by atoms with Gasteiger partial charge in [0.15, 0.2) is 5.78 Å². The van der Waals surface area contributed by atoms with Crippen molar-refractivity contribution in [1.82, 2.24) is 19.4 Å². The average Bonchev–Trinajstić information content (AvgIpc) is 3.33. The average molecular weight is 442 g/mol. The quantitative estimate of drug-likeness (QED) is 0.664. The van der Waals surface area contributed by atoms with Crippen LogP contribution in [0.3, 0.4) is 0 Å². The molecular weight excluding hydrogens is 414 g/mol. The van der Waals surface area contributed by atoms with E-state index in [0.29, 0.717) is 17.8 Å². The summed E-state index contributed by atoms with van der Waals surface area (Å²) in [7, 11) is -3.30. The molecule has 160 valence electrons. The van der Waals surface area contributed by atoms with Crippen molar-refractivity contribution in [2.75, 3.05) is 30.7 Å². The number of Topliss-reactive ketones (excluding diaryl/α,β-unsaturated/α-hetero) is 1. The molecule has 2 aromatic rings. The number of hydrogen-bond acceptors (Lipinski definition) is 6. The van der Waals surface area contributed by atoms with E-state index in [9.17, 15) is 13.2 Å². The Morgan fingerprint density at radius 1 is 1.10 bits per heavy atom. The first-order valence-corrected chi connectivity index (χ1v) is 10.9. The van der Waals surface area contributed by atoms with E-state index >= 15 is 0 Å². The molecule has 0 fully saturated rings. The van der Waals surface area contributed by atoms with Crippen LogP contribution in [0.2, 0.25) is 0 Å². The number of nitrogens with zero attached hydrogens (tertiary/aromatic N) is 4. The molecule has 1 N–H and O–H groups in total. The number of carbonyl (C=O) groups excluding carboxylic acids is 1. The lowest BCUT2D eigenvalue weighted by molar-refractivity contribution is 0.0946. The van der Waals surface area contributed by atoms with Crippen molar-refractivity contribution in [2.45, 2.75) is 20.4 Å². The zero-order valence-corrected chi connectivity index (χ0v) is 18.5. The van der Waals surface area contributed by atoms with Crippen molar-refractivity contribution in [3.05, 3.63) is 60.9 Å². The number of benzene rings is 1. The highest BCUT2D eigenvalue weighted by Gasteiger charge is 2.15. The Morgan fingerprint density at radius 2 is 1.76 bits per heavy atom. The van der Waals surface area contributed by atoms with Crippen molar-refractivity contribution in [3.8, 4) is 0 Å². The molecule has 0 saturated heterocycles. The zero-order valence-electron chi connectivity index (χ0n) is 16.9. The molecule has 0 bridgehead atoms. The minimum atomic E-state index is -3.30. The number of sulfonamides is 1. The number of halogens is 1. The lowest BCUT2D eigenvalue weighted by Crippen LogP contribution is -2.29. The number of hydrogen-bond donors (Lipinski definition) is 1. The van der Waals surface area contributed by atoms with E-state index in [4.69, 9.17) is 0 Å². The van der Waals surface area contributed by atoms with Crippen LogP contribution in [-0.4, -0.2) is 59.6 Å². The van der Waals surface area contributed by atoms with Gasteiger partial charge in [0.25, 0.3) is 0 Å². The van der Waals surface area contributed by atoms with Crippen molar-refractivity contribution in [3.63, 3.8) is 0 Å². The van der Waals surface area contributed by atoms with Crippen LogP contribution in [0.1, 0.15) is 24.2 Å². The van der Waals surface area contributed by atoms with Gasteiger partial charge >= 0.3 is 0 Å². The number of aromatic nitrogens is 2. The van der Waals surface area contributed by atoms with Gasteiger partial charge in [-0.1, -0.05) is 0 Å². The maximum atomic E-state index is 12.2. The van der Waals surface area contributed by atoms with Crippen LogP contribution in [0.4, 0.5) is 5.69 Å². The minimum Gasteiger partial charge on any atom is -0.359 e. The number of carbonyl (C=O) groups is 1. The summed E-state index contributed by atoms with van der Waals surface area (Å²) in [5, 5.41) is 0. The lowest BCUT2D eigenvalue weighted by atomic mass is 10.1. The molecular formula is C19H28ClN5O3S. The molecule has 3 rings (SSSR count). The molecule has 1 aliphatic rings. The standard InChI is InChI=1S/C14H19N3O3S.C5H8N2.ClH/c1-3-16-8-9-17(11-16)10-14(18)12-4-6-13(7-5-12)15-21(2,19)20;1-2-7-4-3-6-5-7;/h4-9,15H,3,10-11H2,1-2H3;3-5H,2H2,1H3;1H. The van der Waals surface area contributed by atoms with E-state index in [1.807, 2.05) is 28.1 Å². The van der Waals surface area contributed by atoms with Crippen LogP contribution in [-0.2, 0) is 16.6 Å². The number of ketones is 1. The Labute approximate surface area is 178 Å². The summed E-state index contributed by atoms with van der Waals surface area (Å²) in [6.45, 7) is 7.10. The summed E-state index contributed by atoms with van der Waals surface area (Å²) >= 11 is 0. The van der Waals surface area contributed by atoms with E-state index in [0.717, 1.165) is 26.0 Å². The molecule has 8 nitrogen and oxygen atoms in total. The Hall–Kier alpha value is -2.52. The van der Waals surface area contributed by atoms with Crippen LogP contribution in [0.25, 0.3) is 0 Å². The predicted octanol–water partition coefficient (Wildman–Crippen LogP) is 2.63. The molecule has 10 heteroatoms. The van der Waals surface area contributed by atoms with Crippen molar-refractivity contribution in [1.29, 1.82) is 0 Å². The smallest absolute Gasteiger partial charge is 0.229 e. The van der Waals surface area contributed by atoms with Crippen LogP contribution < -0.4 is 4.72 Å². The molecule has 2 heterocycles. The van der Waals surface area contributed by atoms with Gasteiger partial charge in [0.1, 0.15) is 0 Å². The molecule has 1 aliphatic heterocycles. The van der Waals surface area contributed by atoms with Crippen LogP contribution in [0, 0.1) is 0 Å². The van der Waals surface area contributed by atoms with Crippen LogP contribution in [0.5, 0.6) is 0 Å². The second-order valence-corrected chi connectivity index (χ2v) is 8.11. The summed E-state index contributed by atoms with van der Waals surface area (Å²) in [4.78, 5) is 20.1. The predicted molar refractivity (Wildman–Crippen MR) is 117 cm³/mol. The number of imidazole rings is 1. The molecule has 29 heavy (non-hydrogen) atoms. The van der Waals surface area contributed by atoms with Gasteiger partial charge in [-0.2, -0.15) is 0 Å². The highest BCUT2D eigenvalue weighted by molar-refractivity contribution is 7.92. The fourth-order valence-electron chi connectivity index (χ4n) is 2.51. The summed E-state index contributed by atoms with van der Waals surface area (Å²) in [5.74, 6) is 0.00325. The largest absolute Gasteiger partial charge is 0.359 e. The molecule has 0 aliphatic carbocycles. The Morgan fingerprint density at radius 3 is 2.21 bits per heavy atom. The van der Waals surface area contributed by atoms with E-state index in [1.165, 1.54) is 0 Å². The normalized spacial score (nSPS) is 12.8. The third-order valence-corrected chi connectivity index (χ3v) is 4.65. The molecule has 1 aromatic heterocycles. The minimum absolute atomic E-state index is 0. The first-order valence-electron chi connectivity index (χ1n) is 9.04. The number of aryl methyl sites for hydroxylation is 1. The van der Waals surface area contributed by atoms with Gasteiger partial charge in [0, 0.05) is 49.1 Å². The molecule has 0 spiro atoms.